The molecule has 2 heteroatoms. The van der Waals surface area contributed by atoms with Crippen LogP contribution >= 0.6 is 7.92 Å². The Hall–Kier alpha value is -2.47. The minimum atomic E-state index is -0.326. The molecule has 0 fully saturated rings. The van der Waals surface area contributed by atoms with E-state index in [4.69, 9.17) is 0 Å². The molecule has 0 radical (unpaired) electrons. The summed E-state index contributed by atoms with van der Waals surface area (Å²) in [5, 5.41) is 7.11. The molecule has 0 spiro atoms. The van der Waals surface area contributed by atoms with Crippen molar-refractivity contribution in [3.05, 3.63) is 119 Å². The number of hydrogen-bond donors (Lipinski definition) is 1. The molecule has 0 unspecified atom stereocenters. The van der Waals surface area contributed by atoms with E-state index in [-0.39, 0.29) is 13.3 Å². The normalized spacial score (nSPS) is 23.5. The first-order valence-corrected chi connectivity index (χ1v) is 12.7. The van der Waals surface area contributed by atoms with E-state index in [9.17, 15) is 0 Å². The Morgan fingerprint density at radius 3 is 2.00 bits per heavy atom. The van der Waals surface area contributed by atoms with Crippen LogP contribution in [0.25, 0.3) is 10.9 Å². The van der Waals surface area contributed by atoms with Gasteiger partial charge in [0.1, 0.15) is 0 Å². The Morgan fingerprint density at radius 2 is 1.39 bits per heavy atom. The predicted octanol–water partition coefficient (Wildman–Crippen LogP) is 7.70. The second-order valence-electron chi connectivity index (χ2n) is 8.96. The van der Waals surface area contributed by atoms with Gasteiger partial charge in [0.2, 0.25) is 0 Å². The predicted molar refractivity (Wildman–Crippen MR) is 135 cm³/mol. The first-order chi connectivity index (χ1) is 15.1. The van der Waals surface area contributed by atoms with E-state index in [2.05, 4.69) is 117 Å². The fraction of sp³-hybridized carbons (Fsp3) is 0.241. The number of rotatable bonds is 6. The molecule has 1 nitrogen and oxygen atoms in total. The van der Waals surface area contributed by atoms with Gasteiger partial charge in [0.25, 0.3) is 0 Å². The molecule has 0 aromatic heterocycles. The molecule has 31 heavy (non-hydrogen) atoms. The van der Waals surface area contributed by atoms with Crippen LogP contribution < -0.4 is 5.32 Å². The molecule has 3 atom stereocenters. The highest BCUT2D eigenvalue weighted by Gasteiger charge is 2.51. The number of hydrogen-bond acceptors (Lipinski definition) is 1. The molecule has 0 saturated carbocycles. The van der Waals surface area contributed by atoms with Gasteiger partial charge in [0.15, 0.2) is 0 Å². The van der Waals surface area contributed by atoms with Crippen LogP contribution in [0.3, 0.4) is 0 Å². The lowest BCUT2D eigenvalue weighted by molar-refractivity contribution is 0.607. The molecule has 3 aromatic carbocycles. The average molecular weight is 424 g/mol. The summed E-state index contributed by atoms with van der Waals surface area (Å²) in [5.74, 6) is 0. The summed E-state index contributed by atoms with van der Waals surface area (Å²) in [6.07, 6.45) is 1.25. The van der Waals surface area contributed by atoms with Crippen molar-refractivity contribution in [2.75, 3.05) is 12.7 Å². The largest absolute Gasteiger partial charge is 0.306 e. The van der Waals surface area contributed by atoms with Gasteiger partial charge in [-0.15, -0.1) is 0 Å². The summed E-state index contributed by atoms with van der Waals surface area (Å²) in [6, 6.07) is 33.3. The van der Waals surface area contributed by atoms with Gasteiger partial charge in [0, 0.05) is 18.0 Å². The number of fused-ring (bicyclic) bond motifs is 2. The number of nitrogens with one attached hydrogen (secondary N) is 1. The minimum Gasteiger partial charge on any atom is -0.306 e. The summed E-state index contributed by atoms with van der Waals surface area (Å²) in [6.45, 7) is 8.08. The van der Waals surface area contributed by atoms with Crippen LogP contribution in [0.1, 0.15) is 43.5 Å². The van der Waals surface area contributed by atoms with Crippen LogP contribution in [0, 0.1) is 5.41 Å². The maximum absolute atomic E-state index is 3.87. The quantitative estimate of drug-likeness (QED) is 0.401. The maximum Gasteiger partial charge on any atom is 0.0294 e. The van der Waals surface area contributed by atoms with E-state index >= 15 is 0 Å². The van der Waals surface area contributed by atoms with Crippen LogP contribution in [-0.4, -0.2) is 12.7 Å². The van der Waals surface area contributed by atoms with Gasteiger partial charge in [-0.25, -0.2) is 0 Å². The highest BCUT2D eigenvalue weighted by atomic mass is 31.1. The monoisotopic (exact) mass is 423 g/mol. The Kier molecular flexibility index (Phi) is 5.42. The van der Waals surface area contributed by atoms with Gasteiger partial charge in [-0.05, 0) is 60.8 Å². The van der Waals surface area contributed by atoms with E-state index in [0.717, 1.165) is 6.54 Å². The zero-order valence-electron chi connectivity index (χ0n) is 18.6. The first-order valence-electron chi connectivity index (χ1n) is 11.2. The molecule has 156 valence electrons. The van der Waals surface area contributed by atoms with E-state index < -0.39 is 0 Å². The van der Waals surface area contributed by atoms with Crippen LogP contribution in [0.4, 0.5) is 0 Å². The van der Waals surface area contributed by atoms with Crippen LogP contribution in [0.5, 0.6) is 0 Å². The number of allylic oxidation sites excluding steroid dienone is 2. The van der Waals surface area contributed by atoms with Crippen molar-refractivity contribution < 1.29 is 0 Å². The van der Waals surface area contributed by atoms with E-state index in [1.165, 1.54) is 22.9 Å². The van der Waals surface area contributed by atoms with Gasteiger partial charge >= 0.3 is 0 Å². The smallest absolute Gasteiger partial charge is 0.0294 e. The molecule has 2 bridgehead atoms. The molecule has 3 aromatic rings. The van der Waals surface area contributed by atoms with Crippen molar-refractivity contribution in [2.45, 2.75) is 26.8 Å². The van der Waals surface area contributed by atoms with Crippen molar-refractivity contribution in [3.8, 4) is 0 Å². The lowest BCUT2D eigenvalue weighted by Crippen LogP contribution is -2.23. The van der Waals surface area contributed by atoms with E-state index in [0.29, 0.717) is 6.04 Å². The van der Waals surface area contributed by atoms with Gasteiger partial charge in [-0.3, -0.25) is 0 Å². The summed E-state index contributed by atoms with van der Waals surface area (Å²) in [7, 11) is -0.326. The minimum absolute atomic E-state index is 0.130. The molecule has 0 saturated heterocycles. The van der Waals surface area contributed by atoms with Gasteiger partial charge in [-0.2, -0.15) is 0 Å². The second kappa shape index (κ2) is 8.23. The fourth-order valence-electron chi connectivity index (χ4n) is 5.28. The number of benzene rings is 3. The van der Waals surface area contributed by atoms with Crippen molar-refractivity contribution in [1.82, 2.24) is 5.32 Å². The summed E-state index contributed by atoms with van der Waals surface area (Å²) in [4.78, 5) is 0. The molecule has 0 amide bonds. The summed E-state index contributed by atoms with van der Waals surface area (Å²) >= 11 is 0. The third-order valence-electron chi connectivity index (χ3n) is 7.08. The van der Waals surface area contributed by atoms with E-state index in [1.807, 2.05) is 0 Å². The SMILES string of the molecule is CC1=C(c2ccccc2)[P@]2C[C@]1(C)C(c1ccccc1)=C2CN[C@H](C)c1ccccc1. The molecule has 0 aliphatic carbocycles. The first kappa shape index (κ1) is 20.4. The lowest BCUT2D eigenvalue weighted by atomic mass is 9.74. The van der Waals surface area contributed by atoms with Crippen LogP contribution in [0.2, 0.25) is 0 Å². The third kappa shape index (κ3) is 3.51. The van der Waals surface area contributed by atoms with Crippen molar-refractivity contribution in [1.29, 1.82) is 0 Å². The molecule has 2 heterocycles. The van der Waals surface area contributed by atoms with Gasteiger partial charge < -0.3 is 5.32 Å². The lowest BCUT2D eigenvalue weighted by Gasteiger charge is -2.32. The molecule has 2 aliphatic rings. The average Bonchev–Trinajstić information content (AvgIpc) is 3.26. The highest BCUT2D eigenvalue weighted by Crippen LogP contribution is 2.77. The molecule has 5 rings (SSSR count). The van der Waals surface area contributed by atoms with Crippen LogP contribution in [0.15, 0.2) is 102 Å². The highest BCUT2D eigenvalue weighted by molar-refractivity contribution is 7.73. The second-order valence-corrected chi connectivity index (χ2v) is 11.1. The standard InChI is InChI=1S/C29H30NP/c1-21-28(25-17-11-6-12-18-25)31-20-29(21,3)27(24-15-9-5-10-16-24)26(31)19-30-22(2)23-13-7-4-8-14-23/h4-18,22,30H,19-20H2,1-3H3/t22-,29+,31-/m1/s1. The van der Waals surface area contributed by atoms with Crippen LogP contribution in [-0.2, 0) is 0 Å². The van der Waals surface area contributed by atoms with Gasteiger partial charge in [-0.1, -0.05) is 103 Å². The Balaban J connectivity index is 1.54. The topological polar surface area (TPSA) is 12.0 Å². The zero-order chi connectivity index (χ0) is 21.4. The van der Waals surface area contributed by atoms with E-state index in [1.54, 1.807) is 21.8 Å². The molecule has 2 aliphatic heterocycles. The third-order valence-corrected chi connectivity index (χ3v) is 10.2. The Bertz CT molecular complexity index is 1130. The summed E-state index contributed by atoms with van der Waals surface area (Å²) in [5.41, 5.74) is 7.43. The fourth-order valence-corrected chi connectivity index (χ4v) is 8.97. The summed E-state index contributed by atoms with van der Waals surface area (Å²) < 4.78 is 0. The molecule has 1 N–H and O–H groups in total. The molecular formula is C29H30NP. The van der Waals surface area contributed by atoms with Crippen molar-refractivity contribution in [3.63, 3.8) is 0 Å². The maximum atomic E-state index is 3.87. The zero-order valence-corrected chi connectivity index (χ0v) is 19.5. The molecular weight excluding hydrogens is 393 g/mol. The Morgan fingerprint density at radius 1 is 0.839 bits per heavy atom. The Labute approximate surface area is 187 Å². The van der Waals surface area contributed by atoms with Gasteiger partial charge in [0.05, 0.1) is 0 Å². The van der Waals surface area contributed by atoms with Crippen molar-refractivity contribution >= 4 is 18.8 Å². The van der Waals surface area contributed by atoms with Crippen molar-refractivity contribution in [2.24, 2.45) is 5.41 Å².